The molecule has 0 N–H and O–H groups in total. The average molecular weight is 301 g/mol. The van der Waals surface area contributed by atoms with E-state index < -0.39 is 0 Å². The van der Waals surface area contributed by atoms with E-state index in [1.54, 1.807) is 0 Å². The molecule has 2 fully saturated rings. The van der Waals surface area contributed by atoms with E-state index in [0.717, 1.165) is 0 Å². The van der Waals surface area contributed by atoms with Gasteiger partial charge >= 0.3 is 0 Å². The van der Waals surface area contributed by atoms with E-state index in [0.29, 0.717) is 6.04 Å². The number of anilines is 1. The van der Waals surface area contributed by atoms with Gasteiger partial charge in [-0.2, -0.15) is 0 Å². The van der Waals surface area contributed by atoms with Gasteiger partial charge in [-0.25, -0.2) is 4.98 Å². The number of hydrogen-bond acceptors (Lipinski definition) is 3. The lowest BCUT2D eigenvalue weighted by Gasteiger charge is -2.36. The Kier molecular flexibility index (Phi) is 5.35. The number of nitrogens with zero attached hydrogens (tertiary/aromatic N) is 3. The SMILES string of the molecule is CCCCN1CCCC[C@H]1c1ccc(N2CCCC2)nc1C. The first-order chi connectivity index (χ1) is 10.8. The second-order valence-electron chi connectivity index (χ2n) is 6.94. The zero-order valence-corrected chi connectivity index (χ0v) is 14.4. The zero-order chi connectivity index (χ0) is 15.4. The summed E-state index contributed by atoms with van der Waals surface area (Å²) >= 11 is 0. The van der Waals surface area contributed by atoms with Crippen molar-refractivity contribution in [3.63, 3.8) is 0 Å². The van der Waals surface area contributed by atoms with Crippen molar-refractivity contribution in [1.29, 1.82) is 0 Å². The number of likely N-dealkylation sites (tertiary alicyclic amines) is 1. The summed E-state index contributed by atoms with van der Waals surface area (Å²) in [4.78, 5) is 10.1. The molecule has 2 aliphatic rings. The number of piperidine rings is 1. The van der Waals surface area contributed by atoms with Crippen molar-refractivity contribution < 1.29 is 0 Å². The molecule has 0 aliphatic carbocycles. The van der Waals surface area contributed by atoms with Crippen LogP contribution in [-0.4, -0.2) is 36.1 Å². The largest absolute Gasteiger partial charge is 0.357 e. The Balaban J connectivity index is 1.77. The van der Waals surface area contributed by atoms with Crippen molar-refractivity contribution in [2.75, 3.05) is 31.1 Å². The Morgan fingerprint density at radius 2 is 1.86 bits per heavy atom. The lowest BCUT2D eigenvalue weighted by Crippen LogP contribution is -2.34. The Morgan fingerprint density at radius 1 is 1.09 bits per heavy atom. The zero-order valence-electron chi connectivity index (χ0n) is 14.4. The molecule has 1 aromatic rings. The third-order valence-electron chi connectivity index (χ3n) is 5.31. The lowest BCUT2D eigenvalue weighted by molar-refractivity contribution is 0.146. The minimum atomic E-state index is 0.598. The summed E-state index contributed by atoms with van der Waals surface area (Å²) in [7, 11) is 0. The second kappa shape index (κ2) is 7.45. The summed E-state index contributed by atoms with van der Waals surface area (Å²) in [5, 5.41) is 0. The number of rotatable bonds is 5. The molecule has 0 bridgehead atoms. The molecular weight excluding hydrogens is 270 g/mol. The van der Waals surface area contributed by atoms with Gasteiger partial charge in [-0.15, -0.1) is 0 Å². The molecule has 3 nitrogen and oxygen atoms in total. The minimum absolute atomic E-state index is 0.598. The quantitative estimate of drug-likeness (QED) is 0.807. The van der Waals surface area contributed by atoms with E-state index >= 15 is 0 Å². The minimum Gasteiger partial charge on any atom is -0.357 e. The molecule has 0 amide bonds. The Morgan fingerprint density at radius 3 is 2.59 bits per heavy atom. The number of unbranched alkanes of at least 4 members (excludes halogenated alkanes) is 1. The molecule has 3 heterocycles. The summed E-state index contributed by atoms with van der Waals surface area (Å²) in [5.74, 6) is 1.19. The molecule has 3 heteroatoms. The van der Waals surface area contributed by atoms with Gasteiger partial charge < -0.3 is 4.90 Å². The molecule has 1 atom stereocenters. The third-order valence-corrected chi connectivity index (χ3v) is 5.31. The van der Waals surface area contributed by atoms with E-state index in [1.165, 1.54) is 88.2 Å². The van der Waals surface area contributed by atoms with Gasteiger partial charge in [0.1, 0.15) is 5.82 Å². The second-order valence-corrected chi connectivity index (χ2v) is 6.94. The number of pyridine rings is 1. The predicted octanol–water partition coefficient (Wildman–Crippen LogP) is 4.32. The monoisotopic (exact) mass is 301 g/mol. The highest BCUT2D eigenvalue weighted by atomic mass is 15.2. The standard InChI is InChI=1S/C19H31N3/c1-3-4-12-21-13-6-5-9-18(21)17-10-11-19(20-16(17)2)22-14-7-8-15-22/h10-11,18H,3-9,12-15H2,1-2H3/t18-/m0/s1. The Bertz CT molecular complexity index is 480. The molecule has 122 valence electrons. The Hall–Kier alpha value is -1.09. The van der Waals surface area contributed by atoms with Crippen LogP contribution in [-0.2, 0) is 0 Å². The van der Waals surface area contributed by atoms with Crippen molar-refractivity contribution in [2.45, 2.75) is 64.8 Å². The maximum Gasteiger partial charge on any atom is 0.128 e. The molecule has 22 heavy (non-hydrogen) atoms. The molecule has 0 radical (unpaired) electrons. The van der Waals surface area contributed by atoms with Crippen LogP contribution in [0.25, 0.3) is 0 Å². The summed E-state index contributed by atoms with van der Waals surface area (Å²) in [6.45, 7) is 9.36. The molecule has 0 unspecified atom stereocenters. The highest BCUT2D eigenvalue weighted by molar-refractivity contribution is 5.43. The Labute approximate surface area is 135 Å². The fourth-order valence-corrected chi connectivity index (χ4v) is 4.01. The van der Waals surface area contributed by atoms with Gasteiger partial charge in [-0.1, -0.05) is 25.8 Å². The summed E-state index contributed by atoms with van der Waals surface area (Å²) < 4.78 is 0. The summed E-state index contributed by atoms with van der Waals surface area (Å²) in [6, 6.07) is 5.23. The topological polar surface area (TPSA) is 19.4 Å². The third kappa shape index (κ3) is 3.45. The van der Waals surface area contributed by atoms with Gasteiger partial charge in [-0.05, 0) is 63.7 Å². The van der Waals surface area contributed by atoms with E-state index in [9.17, 15) is 0 Å². The van der Waals surface area contributed by atoms with Gasteiger partial charge in [0.05, 0.1) is 0 Å². The normalized spacial score (nSPS) is 23.2. The van der Waals surface area contributed by atoms with Crippen LogP contribution in [0, 0.1) is 6.92 Å². The van der Waals surface area contributed by atoms with Crippen LogP contribution in [0.2, 0.25) is 0 Å². The molecular formula is C19H31N3. The molecule has 0 saturated carbocycles. The van der Waals surface area contributed by atoms with E-state index in [-0.39, 0.29) is 0 Å². The average Bonchev–Trinajstić information content (AvgIpc) is 3.08. The van der Waals surface area contributed by atoms with Crippen LogP contribution < -0.4 is 4.90 Å². The fourth-order valence-electron chi connectivity index (χ4n) is 4.01. The van der Waals surface area contributed by atoms with Crippen molar-refractivity contribution in [3.05, 3.63) is 23.4 Å². The molecule has 3 rings (SSSR count). The van der Waals surface area contributed by atoms with Crippen LogP contribution in [0.3, 0.4) is 0 Å². The van der Waals surface area contributed by atoms with Gasteiger partial charge in [0.25, 0.3) is 0 Å². The fraction of sp³-hybridized carbons (Fsp3) is 0.737. The van der Waals surface area contributed by atoms with Crippen LogP contribution >= 0.6 is 0 Å². The van der Waals surface area contributed by atoms with Crippen molar-refractivity contribution >= 4 is 5.82 Å². The number of aromatic nitrogens is 1. The lowest BCUT2D eigenvalue weighted by atomic mass is 9.94. The van der Waals surface area contributed by atoms with Gasteiger partial charge in [0.15, 0.2) is 0 Å². The molecule has 0 aromatic carbocycles. The van der Waals surface area contributed by atoms with E-state index in [4.69, 9.17) is 4.98 Å². The van der Waals surface area contributed by atoms with Crippen molar-refractivity contribution in [1.82, 2.24) is 9.88 Å². The number of hydrogen-bond donors (Lipinski definition) is 0. The first kappa shape index (κ1) is 15.8. The first-order valence-corrected chi connectivity index (χ1v) is 9.26. The summed E-state index contributed by atoms with van der Waals surface area (Å²) in [6.07, 6.45) is 9.25. The maximum atomic E-state index is 4.94. The number of aryl methyl sites for hydroxylation is 1. The first-order valence-electron chi connectivity index (χ1n) is 9.26. The molecule has 1 aromatic heterocycles. The van der Waals surface area contributed by atoms with Crippen molar-refractivity contribution in [2.24, 2.45) is 0 Å². The molecule has 2 saturated heterocycles. The predicted molar refractivity (Wildman–Crippen MR) is 93.5 cm³/mol. The van der Waals surface area contributed by atoms with Crippen LogP contribution in [0.15, 0.2) is 12.1 Å². The molecule has 0 spiro atoms. The van der Waals surface area contributed by atoms with Gasteiger partial charge in [0.2, 0.25) is 0 Å². The van der Waals surface area contributed by atoms with E-state index in [1.807, 2.05) is 0 Å². The van der Waals surface area contributed by atoms with E-state index in [2.05, 4.69) is 35.8 Å². The maximum absolute atomic E-state index is 4.94. The molecule has 2 aliphatic heterocycles. The van der Waals surface area contributed by atoms with Gasteiger partial charge in [-0.3, -0.25) is 4.90 Å². The summed E-state index contributed by atoms with van der Waals surface area (Å²) in [5.41, 5.74) is 2.72. The van der Waals surface area contributed by atoms with Gasteiger partial charge in [0, 0.05) is 24.8 Å². The van der Waals surface area contributed by atoms with Crippen molar-refractivity contribution in [3.8, 4) is 0 Å². The van der Waals surface area contributed by atoms with Crippen LogP contribution in [0.5, 0.6) is 0 Å². The highest BCUT2D eigenvalue weighted by Crippen LogP contribution is 2.33. The van der Waals surface area contributed by atoms with Crippen LogP contribution in [0.1, 0.15) is 69.2 Å². The highest BCUT2D eigenvalue weighted by Gasteiger charge is 2.25. The smallest absolute Gasteiger partial charge is 0.128 e. The van der Waals surface area contributed by atoms with Crippen LogP contribution in [0.4, 0.5) is 5.82 Å².